The summed E-state index contributed by atoms with van der Waals surface area (Å²) in [5.74, 6) is -0.424. The number of rotatable bonds is 6. The molecule has 2 aromatic carbocycles. The molecule has 28 heavy (non-hydrogen) atoms. The van der Waals surface area contributed by atoms with Gasteiger partial charge in [-0.25, -0.2) is 14.4 Å². The van der Waals surface area contributed by atoms with Crippen molar-refractivity contribution in [1.82, 2.24) is 14.9 Å². The Morgan fingerprint density at radius 2 is 1.93 bits per heavy atom. The second kappa shape index (κ2) is 8.14. The Hall–Kier alpha value is -2.68. The molecule has 4 rings (SSSR count). The van der Waals surface area contributed by atoms with Gasteiger partial charge in [0.2, 0.25) is 5.91 Å². The van der Waals surface area contributed by atoms with Crippen molar-refractivity contribution in [2.45, 2.75) is 6.54 Å². The van der Waals surface area contributed by atoms with Gasteiger partial charge in [-0.05, 0) is 43.4 Å². The number of carbonyl (C=O) groups is 1. The lowest BCUT2D eigenvalue weighted by molar-refractivity contribution is -0.117. The number of anilines is 1. The number of para-hydroxylation sites is 1. The molecule has 5 nitrogen and oxygen atoms in total. The molecule has 0 atom stereocenters. The van der Waals surface area contributed by atoms with Gasteiger partial charge in [0.15, 0.2) is 5.13 Å². The predicted octanol–water partition coefficient (Wildman–Crippen LogP) is 4.63. The van der Waals surface area contributed by atoms with Crippen molar-refractivity contribution < 1.29 is 9.18 Å². The van der Waals surface area contributed by atoms with Gasteiger partial charge >= 0.3 is 0 Å². The lowest BCUT2D eigenvalue weighted by Gasteiger charge is -2.13. The average Bonchev–Trinajstić information content (AvgIpc) is 3.28. The smallest absolute Gasteiger partial charge is 0.240 e. The molecule has 0 aliphatic heterocycles. The third-order valence-corrected chi connectivity index (χ3v) is 5.83. The van der Waals surface area contributed by atoms with Gasteiger partial charge < -0.3 is 5.32 Å². The van der Waals surface area contributed by atoms with Gasteiger partial charge in [0, 0.05) is 10.9 Å². The van der Waals surface area contributed by atoms with E-state index in [-0.39, 0.29) is 18.3 Å². The molecule has 0 saturated heterocycles. The quantitative estimate of drug-likeness (QED) is 0.502. The third kappa shape index (κ3) is 4.41. The molecule has 8 heteroatoms. The van der Waals surface area contributed by atoms with Crippen LogP contribution in [0.5, 0.6) is 0 Å². The molecular formula is C20H17FN4OS2. The summed E-state index contributed by atoms with van der Waals surface area (Å²) in [6.07, 6.45) is 0. The summed E-state index contributed by atoms with van der Waals surface area (Å²) in [5.41, 5.74) is 2.51. The van der Waals surface area contributed by atoms with Crippen LogP contribution in [-0.2, 0) is 11.3 Å². The second-order valence-electron chi connectivity index (χ2n) is 6.34. The molecule has 0 aliphatic carbocycles. The average molecular weight is 413 g/mol. The van der Waals surface area contributed by atoms with E-state index in [1.807, 2.05) is 41.6 Å². The van der Waals surface area contributed by atoms with Crippen LogP contribution in [0, 0.1) is 5.82 Å². The minimum absolute atomic E-state index is 0.136. The van der Waals surface area contributed by atoms with Crippen molar-refractivity contribution in [3.63, 3.8) is 0 Å². The van der Waals surface area contributed by atoms with E-state index in [1.54, 1.807) is 23.5 Å². The summed E-state index contributed by atoms with van der Waals surface area (Å²) >= 11 is 2.98. The molecule has 1 N–H and O–H groups in total. The van der Waals surface area contributed by atoms with Crippen molar-refractivity contribution in [3.05, 3.63) is 64.7 Å². The van der Waals surface area contributed by atoms with E-state index >= 15 is 0 Å². The number of hydrogen-bond donors (Lipinski definition) is 1. The fourth-order valence-electron chi connectivity index (χ4n) is 2.76. The number of benzene rings is 2. The van der Waals surface area contributed by atoms with Gasteiger partial charge in [0.05, 0.1) is 29.0 Å². The summed E-state index contributed by atoms with van der Waals surface area (Å²) in [7, 11) is 1.89. The van der Waals surface area contributed by atoms with Crippen LogP contribution in [0.25, 0.3) is 21.5 Å². The molecule has 2 heterocycles. The number of thiazole rings is 2. The van der Waals surface area contributed by atoms with E-state index < -0.39 is 0 Å². The minimum Gasteiger partial charge on any atom is -0.301 e. The SMILES string of the molecule is CN(CC(=O)Nc1nc(-c2ccc(F)cc2)cs1)Cc1nc2ccccc2s1. The number of nitrogens with one attached hydrogen (secondary N) is 1. The standard InChI is InChI=1S/C20H17FN4OS2/c1-25(11-19-22-15-4-2-3-5-17(15)28-19)10-18(26)24-20-23-16(12-27-20)13-6-8-14(21)9-7-13/h2-9,12H,10-11H2,1H3,(H,23,24,26). The van der Waals surface area contributed by atoms with Crippen molar-refractivity contribution in [1.29, 1.82) is 0 Å². The number of likely N-dealkylation sites (N-methyl/N-ethyl adjacent to an activating group) is 1. The number of carbonyl (C=O) groups excluding carboxylic acids is 1. The van der Waals surface area contributed by atoms with Gasteiger partial charge in [-0.15, -0.1) is 22.7 Å². The number of amides is 1. The van der Waals surface area contributed by atoms with E-state index in [2.05, 4.69) is 15.3 Å². The maximum absolute atomic E-state index is 13.0. The Balaban J connectivity index is 1.34. The van der Waals surface area contributed by atoms with Crippen LogP contribution in [-0.4, -0.2) is 34.4 Å². The van der Waals surface area contributed by atoms with Gasteiger partial charge in [0.25, 0.3) is 0 Å². The molecule has 0 aliphatic rings. The molecule has 2 aromatic heterocycles. The third-order valence-electron chi connectivity index (χ3n) is 4.05. The normalized spacial score (nSPS) is 11.2. The number of hydrogen-bond acceptors (Lipinski definition) is 6. The highest BCUT2D eigenvalue weighted by molar-refractivity contribution is 7.18. The van der Waals surface area contributed by atoms with Gasteiger partial charge in [-0.2, -0.15) is 0 Å². The Morgan fingerprint density at radius 1 is 1.14 bits per heavy atom. The molecule has 0 radical (unpaired) electrons. The molecule has 0 bridgehead atoms. The maximum Gasteiger partial charge on any atom is 0.240 e. The fourth-order valence-corrected chi connectivity index (χ4v) is 4.55. The number of fused-ring (bicyclic) bond motifs is 1. The van der Waals surface area contributed by atoms with Crippen molar-refractivity contribution >= 4 is 43.9 Å². The summed E-state index contributed by atoms with van der Waals surface area (Å²) < 4.78 is 14.2. The van der Waals surface area contributed by atoms with Crippen molar-refractivity contribution in [3.8, 4) is 11.3 Å². The van der Waals surface area contributed by atoms with Crippen molar-refractivity contribution in [2.24, 2.45) is 0 Å². The highest BCUT2D eigenvalue weighted by atomic mass is 32.1. The monoisotopic (exact) mass is 412 g/mol. The lowest BCUT2D eigenvalue weighted by Crippen LogP contribution is -2.29. The van der Waals surface area contributed by atoms with E-state index in [4.69, 9.17) is 0 Å². The predicted molar refractivity (Wildman–Crippen MR) is 112 cm³/mol. The van der Waals surface area contributed by atoms with Crippen LogP contribution < -0.4 is 5.32 Å². The summed E-state index contributed by atoms with van der Waals surface area (Å²) in [5, 5.41) is 6.17. The fraction of sp³-hybridized carbons (Fsp3) is 0.150. The topological polar surface area (TPSA) is 58.1 Å². The number of halogens is 1. The Bertz CT molecular complexity index is 1070. The van der Waals surface area contributed by atoms with E-state index in [9.17, 15) is 9.18 Å². The molecule has 0 fully saturated rings. The molecule has 0 saturated carbocycles. The molecule has 4 aromatic rings. The zero-order valence-electron chi connectivity index (χ0n) is 15.1. The largest absolute Gasteiger partial charge is 0.301 e. The van der Waals surface area contributed by atoms with Crippen LogP contribution in [0.3, 0.4) is 0 Å². The van der Waals surface area contributed by atoms with E-state index in [1.165, 1.54) is 23.5 Å². The molecule has 0 spiro atoms. The van der Waals surface area contributed by atoms with Gasteiger partial charge in [0.1, 0.15) is 10.8 Å². The lowest BCUT2D eigenvalue weighted by atomic mass is 10.2. The Morgan fingerprint density at radius 3 is 2.71 bits per heavy atom. The highest BCUT2D eigenvalue weighted by Crippen LogP contribution is 2.25. The van der Waals surface area contributed by atoms with Crippen LogP contribution in [0.1, 0.15) is 5.01 Å². The van der Waals surface area contributed by atoms with Gasteiger partial charge in [-0.1, -0.05) is 12.1 Å². The zero-order chi connectivity index (χ0) is 19.5. The Kier molecular flexibility index (Phi) is 5.43. The highest BCUT2D eigenvalue weighted by Gasteiger charge is 2.12. The van der Waals surface area contributed by atoms with Gasteiger partial charge in [-0.3, -0.25) is 9.69 Å². The number of aromatic nitrogens is 2. The van der Waals surface area contributed by atoms with Crippen LogP contribution in [0.4, 0.5) is 9.52 Å². The van der Waals surface area contributed by atoms with Crippen LogP contribution >= 0.6 is 22.7 Å². The first-order valence-corrected chi connectivity index (χ1v) is 10.3. The van der Waals surface area contributed by atoms with E-state index in [0.29, 0.717) is 17.4 Å². The van der Waals surface area contributed by atoms with E-state index in [0.717, 1.165) is 20.8 Å². The first kappa shape index (κ1) is 18.7. The maximum atomic E-state index is 13.0. The second-order valence-corrected chi connectivity index (χ2v) is 8.31. The first-order valence-electron chi connectivity index (χ1n) is 8.61. The Labute approximate surface area is 169 Å². The minimum atomic E-state index is -0.288. The summed E-state index contributed by atoms with van der Waals surface area (Å²) in [6.45, 7) is 0.840. The van der Waals surface area contributed by atoms with Crippen LogP contribution in [0.15, 0.2) is 53.9 Å². The zero-order valence-corrected chi connectivity index (χ0v) is 16.7. The number of nitrogens with zero attached hydrogens (tertiary/aromatic N) is 3. The molecular weight excluding hydrogens is 395 g/mol. The molecule has 1 amide bonds. The summed E-state index contributed by atoms with van der Waals surface area (Å²) in [4.78, 5) is 23.2. The molecule has 142 valence electrons. The van der Waals surface area contributed by atoms with Crippen molar-refractivity contribution in [2.75, 3.05) is 18.9 Å². The van der Waals surface area contributed by atoms with Crippen LogP contribution in [0.2, 0.25) is 0 Å². The first-order chi connectivity index (χ1) is 13.6. The summed E-state index contributed by atoms with van der Waals surface area (Å²) in [6, 6.07) is 14.1. The molecule has 0 unspecified atom stereocenters.